The summed E-state index contributed by atoms with van der Waals surface area (Å²) >= 11 is 0. The summed E-state index contributed by atoms with van der Waals surface area (Å²) in [6.45, 7) is 2.34. The predicted molar refractivity (Wildman–Crippen MR) is 188 cm³/mol. The van der Waals surface area contributed by atoms with E-state index in [2.05, 4.69) is 24.3 Å². The first kappa shape index (κ1) is 34.5. The molecule has 8 aliphatic heterocycles. The van der Waals surface area contributed by atoms with Gasteiger partial charge in [-0.05, 0) is 36.8 Å². The van der Waals surface area contributed by atoms with E-state index in [1.54, 1.807) is 0 Å². The lowest BCUT2D eigenvalue weighted by molar-refractivity contribution is -0.321. The normalized spacial score (nSPS) is 45.4. The van der Waals surface area contributed by atoms with Crippen LogP contribution in [-0.2, 0) is 60.6 Å². The molecule has 0 unspecified atom stereocenters. The highest BCUT2D eigenvalue weighted by molar-refractivity contribution is 5.14. The fourth-order valence-corrected chi connectivity index (χ4v) is 10.3. The van der Waals surface area contributed by atoms with Crippen LogP contribution in [0.2, 0.25) is 0 Å². The van der Waals surface area contributed by atoms with E-state index < -0.39 is 0 Å². The molecule has 10 heteroatoms. The van der Waals surface area contributed by atoms with Crippen LogP contribution < -0.4 is 0 Å². The van der Waals surface area contributed by atoms with Gasteiger partial charge in [0.2, 0.25) is 0 Å². The third-order valence-electron chi connectivity index (χ3n) is 13.0. The summed E-state index contributed by atoms with van der Waals surface area (Å²) in [4.78, 5) is 0. The van der Waals surface area contributed by atoms with Gasteiger partial charge in [-0.3, -0.25) is 0 Å². The molecule has 0 aromatic heterocycles. The molecular weight excluding hydrogens is 664 g/mol. The molecule has 0 bridgehead atoms. The van der Waals surface area contributed by atoms with Gasteiger partial charge in [0, 0.05) is 45.1 Å². The SMILES string of the molecule is c1ccc(COC[C@H]2O[C@H]3C[C@H]4O[C@H]5C[C@H]6O[C@H]7CC[C@H]8O[C@H]9CCCO[C@@H]9C[C@@H]8O[C@@H]7C[C@@H]6O[C@@H]5C[C@@H]4O[C@@H]3C[C@@H]2OCc2ccccc2)cc1. The van der Waals surface area contributed by atoms with Crippen LogP contribution >= 0.6 is 0 Å². The Morgan fingerprint density at radius 2 is 0.885 bits per heavy atom. The Bertz CT molecular complexity index is 1460. The van der Waals surface area contributed by atoms with Crippen molar-refractivity contribution in [1.82, 2.24) is 0 Å². The second kappa shape index (κ2) is 15.3. The van der Waals surface area contributed by atoms with Gasteiger partial charge in [0.15, 0.2) is 0 Å². The first-order chi connectivity index (χ1) is 25.7. The first-order valence-corrected chi connectivity index (χ1v) is 20.2. The minimum atomic E-state index is -0.194. The topological polar surface area (TPSA) is 92.3 Å². The maximum absolute atomic E-state index is 6.86. The zero-order valence-electron chi connectivity index (χ0n) is 30.0. The number of ether oxygens (including phenoxy) is 10. The van der Waals surface area contributed by atoms with E-state index in [-0.39, 0.29) is 97.7 Å². The molecule has 10 rings (SSSR count). The van der Waals surface area contributed by atoms with Crippen LogP contribution in [0.1, 0.15) is 75.3 Å². The highest BCUT2D eigenvalue weighted by Gasteiger charge is 2.55. The monoisotopic (exact) mass is 718 g/mol. The molecule has 8 saturated heterocycles. The van der Waals surface area contributed by atoms with E-state index in [9.17, 15) is 0 Å². The highest BCUT2D eigenvalue weighted by atomic mass is 16.6. The standard InChI is InChI=1S/C42H54O10/c1-3-8-25(9-4-1)22-43-24-42-31(45-23-26-10-5-2-6-11-26)17-34-41(52-42)21-40-38(49-34)20-39-37(51-40)19-35-36(50-39)18-33-29(47-35)14-13-28-32(48-33)16-30-27(46-28)12-7-15-44-30/h1-6,8-11,27-42H,7,12-24H2/t27-,28+,29-,30+,31-,32-,33+,34+,35+,36-,37-,38-,39+,40+,41-,42+/m0/s1. The molecule has 16 atom stereocenters. The van der Waals surface area contributed by atoms with Gasteiger partial charge in [-0.2, -0.15) is 0 Å². The summed E-state index contributed by atoms with van der Waals surface area (Å²) in [7, 11) is 0. The van der Waals surface area contributed by atoms with Crippen molar-refractivity contribution in [2.24, 2.45) is 0 Å². The van der Waals surface area contributed by atoms with Crippen molar-refractivity contribution in [3.05, 3.63) is 71.8 Å². The summed E-state index contributed by atoms with van der Waals surface area (Å²) in [5.74, 6) is 0. The molecule has 52 heavy (non-hydrogen) atoms. The van der Waals surface area contributed by atoms with Crippen molar-refractivity contribution in [2.75, 3.05) is 13.2 Å². The van der Waals surface area contributed by atoms with E-state index in [0.29, 0.717) is 19.8 Å². The van der Waals surface area contributed by atoms with E-state index in [0.717, 1.165) is 81.9 Å². The van der Waals surface area contributed by atoms with Gasteiger partial charge in [0.1, 0.15) is 6.10 Å². The van der Waals surface area contributed by atoms with E-state index in [1.165, 1.54) is 0 Å². The third kappa shape index (κ3) is 7.26. The molecule has 8 fully saturated rings. The summed E-state index contributed by atoms with van der Waals surface area (Å²) in [5.41, 5.74) is 2.29. The van der Waals surface area contributed by atoms with Crippen molar-refractivity contribution in [3.8, 4) is 0 Å². The minimum Gasteiger partial charge on any atom is -0.375 e. The van der Waals surface area contributed by atoms with Crippen molar-refractivity contribution in [2.45, 2.75) is 175 Å². The number of fused-ring (bicyclic) bond motifs is 7. The average molecular weight is 719 g/mol. The smallest absolute Gasteiger partial charge is 0.108 e. The number of rotatable bonds is 7. The van der Waals surface area contributed by atoms with Crippen molar-refractivity contribution < 1.29 is 47.4 Å². The van der Waals surface area contributed by atoms with Gasteiger partial charge >= 0.3 is 0 Å². The molecule has 8 heterocycles. The van der Waals surface area contributed by atoms with Crippen LogP contribution in [-0.4, -0.2) is 111 Å². The molecule has 0 radical (unpaired) electrons. The summed E-state index contributed by atoms with van der Waals surface area (Å²) in [6, 6.07) is 20.6. The molecule has 2 aromatic carbocycles. The number of hydrogen-bond acceptors (Lipinski definition) is 10. The average Bonchev–Trinajstić information content (AvgIpc) is 3.35. The van der Waals surface area contributed by atoms with Crippen molar-refractivity contribution in [1.29, 1.82) is 0 Å². The number of benzene rings is 2. The zero-order chi connectivity index (χ0) is 34.4. The molecule has 10 nitrogen and oxygen atoms in total. The Hall–Kier alpha value is -1.96. The Morgan fingerprint density at radius 1 is 0.442 bits per heavy atom. The summed E-state index contributed by atoms with van der Waals surface area (Å²) < 4.78 is 66.4. The van der Waals surface area contributed by atoms with Crippen molar-refractivity contribution >= 4 is 0 Å². The zero-order valence-corrected chi connectivity index (χ0v) is 30.0. The van der Waals surface area contributed by atoms with E-state index >= 15 is 0 Å². The van der Waals surface area contributed by atoms with Crippen LogP contribution in [0.3, 0.4) is 0 Å². The molecule has 8 aliphatic rings. The van der Waals surface area contributed by atoms with Crippen LogP contribution in [0.5, 0.6) is 0 Å². The fourth-order valence-electron chi connectivity index (χ4n) is 10.3. The second-order valence-electron chi connectivity index (χ2n) is 16.4. The molecular formula is C42H54O10. The van der Waals surface area contributed by atoms with Gasteiger partial charge in [0.25, 0.3) is 0 Å². The van der Waals surface area contributed by atoms with E-state index in [4.69, 9.17) is 47.4 Å². The molecule has 0 spiro atoms. The molecule has 0 N–H and O–H groups in total. The molecule has 0 saturated carbocycles. The Balaban J connectivity index is 0.777. The Kier molecular flexibility index (Phi) is 10.2. The van der Waals surface area contributed by atoms with Crippen LogP contribution in [0.4, 0.5) is 0 Å². The lowest BCUT2D eigenvalue weighted by Gasteiger charge is -2.54. The lowest BCUT2D eigenvalue weighted by atomic mass is 9.83. The first-order valence-electron chi connectivity index (χ1n) is 20.2. The highest BCUT2D eigenvalue weighted by Crippen LogP contribution is 2.45. The quantitative estimate of drug-likeness (QED) is 0.368. The molecule has 282 valence electrons. The van der Waals surface area contributed by atoms with Gasteiger partial charge < -0.3 is 47.4 Å². The largest absolute Gasteiger partial charge is 0.375 e. The second-order valence-corrected chi connectivity index (χ2v) is 16.4. The molecule has 2 aromatic rings. The van der Waals surface area contributed by atoms with Gasteiger partial charge in [0.05, 0.1) is 111 Å². The maximum atomic E-state index is 6.86. The van der Waals surface area contributed by atoms with E-state index in [1.807, 2.05) is 36.4 Å². The number of hydrogen-bond donors (Lipinski definition) is 0. The third-order valence-corrected chi connectivity index (χ3v) is 13.0. The summed E-state index contributed by atoms with van der Waals surface area (Å²) in [6.07, 6.45) is 9.03. The van der Waals surface area contributed by atoms with Crippen molar-refractivity contribution in [3.63, 3.8) is 0 Å². The van der Waals surface area contributed by atoms with Crippen LogP contribution in [0, 0.1) is 0 Å². The Morgan fingerprint density at radius 3 is 1.48 bits per heavy atom. The molecule has 0 aliphatic carbocycles. The van der Waals surface area contributed by atoms with Gasteiger partial charge in [-0.15, -0.1) is 0 Å². The van der Waals surface area contributed by atoms with Crippen LogP contribution in [0.15, 0.2) is 60.7 Å². The van der Waals surface area contributed by atoms with Crippen LogP contribution in [0.25, 0.3) is 0 Å². The van der Waals surface area contributed by atoms with Gasteiger partial charge in [-0.25, -0.2) is 0 Å². The predicted octanol–water partition coefficient (Wildman–Crippen LogP) is 5.46. The lowest BCUT2D eigenvalue weighted by Crippen LogP contribution is -2.64. The Labute approximate surface area is 307 Å². The summed E-state index contributed by atoms with van der Waals surface area (Å²) in [5, 5.41) is 0. The maximum Gasteiger partial charge on any atom is 0.108 e. The molecule has 0 amide bonds. The van der Waals surface area contributed by atoms with Gasteiger partial charge in [-0.1, -0.05) is 60.7 Å². The fraction of sp³-hybridized carbons (Fsp3) is 0.714. The minimum absolute atomic E-state index is 0.00598.